The first-order valence-electron chi connectivity index (χ1n) is 25.5. The summed E-state index contributed by atoms with van der Waals surface area (Å²) in [5, 5.41) is 35.9. The van der Waals surface area contributed by atoms with Crippen molar-refractivity contribution in [3.05, 3.63) is 214 Å². The van der Waals surface area contributed by atoms with Crippen molar-refractivity contribution in [3.8, 4) is 34.9 Å². The minimum absolute atomic E-state index is 0.401. The van der Waals surface area contributed by atoms with E-state index in [0.29, 0.717) is 39.5 Å². The summed E-state index contributed by atoms with van der Waals surface area (Å²) >= 11 is 0. The summed E-state index contributed by atoms with van der Waals surface area (Å²) in [5.74, 6) is 0. The van der Waals surface area contributed by atoms with Crippen LogP contribution < -0.4 is 0 Å². The van der Waals surface area contributed by atoms with Gasteiger partial charge in [0.1, 0.15) is 28.8 Å². The Labute approximate surface area is 431 Å². The highest BCUT2D eigenvalue weighted by atomic mass is 16.3. The van der Waals surface area contributed by atoms with Gasteiger partial charge >= 0.3 is 0 Å². The first kappa shape index (κ1) is 42.8. The molecule has 0 atom stereocenters. The van der Waals surface area contributed by atoms with Crippen molar-refractivity contribution in [1.29, 1.82) is 10.5 Å². The maximum absolute atomic E-state index is 12.8. The number of para-hydroxylation sites is 2. The quantitative estimate of drug-likeness (QED) is 0.176. The summed E-state index contributed by atoms with van der Waals surface area (Å²) in [6, 6.07) is 66.4. The molecule has 75 heavy (non-hydrogen) atoms. The number of hydrogen-bond donors (Lipinski definition) is 0. The van der Waals surface area contributed by atoms with Crippen molar-refractivity contribution in [2.24, 2.45) is 0 Å². The lowest BCUT2D eigenvalue weighted by atomic mass is 9.98. The van der Waals surface area contributed by atoms with Gasteiger partial charge in [-0.1, -0.05) is 112 Å². The van der Waals surface area contributed by atoms with E-state index in [2.05, 4.69) is 224 Å². The molecular weight excluding hydrogens is 917 g/mol. The number of fused-ring (bicyclic) bond motifs is 16. The van der Waals surface area contributed by atoms with Gasteiger partial charge in [0.05, 0.1) is 66.9 Å². The van der Waals surface area contributed by atoms with E-state index in [4.69, 9.17) is 4.42 Å². The number of aryl methyl sites for hydroxylation is 6. The maximum Gasteiger partial charge on any atom is 0.160 e. The smallest absolute Gasteiger partial charge is 0.160 e. The van der Waals surface area contributed by atoms with Gasteiger partial charge in [0.25, 0.3) is 0 Å². The molecule has 0 amide bonds. The fraction of sp³-hybridized carbons (Fsp3) is 0.0882. The molecule has 0 saturated carbocycles. The number of aromatic nitrogens is 4. The van der Waals surface area contributed by atoms with Gasteiger partial charge < -0.3 is 22.7 Å². The Morgan fingerprint density at radius 3 is 1.01 bits per heavy atom. The molecule has 0 N–H and O–H groups in total. The van der Waals surface area contributed by atoms with Gasteiger partial charge in [-0.25, -0.2) is 0 Å². The molecule has 0 bridgehead atoms. The average Bonchev–Trinajstić information content (AvgIpc) is 4.36. The van der Waals surface area contributed by atoms with Gasteiger partial charge in [-0.05, 0) is 133 Å². The zero-order valence-corrected chi connectivity index (χ0v) is 42.3. The summed E-state index contributed by atoms with van der Waals surface area (Å²) in [7, 11) is 0. The minimum atomic E-state index is 0.401. The van der Waals surface area contributed by atoms with Crippen LogP contribution in [0.4, 0.5) is 0 Å². The summed E-state index contributed by atoms with van der Waals surface area (Å²) < 4.78 is 16.1. The molecule has 7 nitrogen and oxygen atoms in total. The van der Waals surface area contributed by atoms with E-state index in [1.807, 2.05) is 18.2 Å². The van der Waals surface area contributed by atoms with Gasteiger partial charge in [0, 0.05) is 53.9 Å². The van der Waals surface area contributed by atoms with Crippen LogP contribution >= 0.6 is 0 Å². The highest BCUT2D eigenvalue weighted by Gasteiger charge is 2.35. The SMILES string of the molecule is Cc1ccc2c(c1)c1cc(C)ccc1n2-c1c(C#N)c(-n2c3ccc(C)cc3c3cc(C)ccc32)c(-n2c3ccccc3c3ccc4c5ccccc5oc4c32)c(C#N)c1-n1c2ccc(C)cc2c2cc(C)ccc21. The standard InChI is InChI=1S/C68H46N6O/c1-37-15-23-56-47(29-37)48-30-38(2)16-24-57(48)71(56)63-53(35-69)65(73-60-27-19-41(5)33-51(60)52-34-42(6)20-28-61(52)73)66(54(36-70)64(63)72-58-25-17-39(3)31-49(58)50-32-40(4)18-26-59(50)72)74-55-13-9-7-11-43(55)45-21-22-46-44-12-8-10-14-62(44)75-68(46)67(45)74/h7-34H,1-6H3. The molecular formula is C68H46N6O. The van der Waals surface area contributed by atoms with Crippen molar-refractivity contribution >= 4 is 109 Å². The van der Waals surface area contributed by atoms with Crippen LogP contribution in [-0.4, -0.2) is 18.3 Å². The predicted octanol–water partition coefficient (Wildman–Crippen LogP) is 17.6. The fourth-order valence-electron chi connectivity index (χ4n) is 12.7. The minimum Gasteiger partial charge on any atom is -0.454 e. The number of nitrogens with zero attached hydrogens (tertiary/aromatic N) is 6. The summed E-state index contributed by atoms with van der Waals surface area (Å²) in [5.41, 5.74) is 18.7. The zero-order valence-electron chi connectivity index (χ0n) is 42.3. The van der Waals surface area contributed by atoms with E-state index >= 15 is 0 Å². The predicted molar refractivity (Wildman–Crippen MR) is 309 cm³/mol. The Morgan fingerprint density at radius 1 is 0.307 bits per heavy atom. The normalized spacial score (nSPS) is 12.1. The molecule has 7 heteroatoms. The molecule has 0 unspecified atom stereocenters. The van der Waals surface area contributed by atoms with Crippen molar-refractivity contribution in [1.82, 2.24) is 18.3 Å². The second-order valence-corrected chi connectivity index (χ2v) is 20.8. The second-order valence-electron chi connectivity index (χ2n) is 20.8. The monoisotopic (exact) mass is 962 g/mol. The van der Waals surface area contributed by atoms with E-state index in [9.17, 15) is 10.5 Å². The van der Waals surface area contributed by atoms with Gasteiger partial charge in [-0.2, -0.15) is 10.5 Å². The van der Waals surface area contributed by atoms with Crippen LogP contribution in [0.2, 0.25) is 0 Å². The summed E-state index contributed by atoms with van der Waals surface area (Å²) in [6.45, 7) is 12.8. The summed E-state index contributed by atoms with van der Waals surface area (Å²) in [6.07, 6.45) is 0. The van der Waals surface area contributed by atoms with Crippen molar-refractivity contribution in [2.75, 3.05) is 0 Å². The number of nitriles is 2. The molecule has 15 rings (SSSR count). The third-order valence-corrected chi connectivity index (χ3v) is 15.9. The van der Waals surface area contributed by atoms with E-state index in [0.717, 1.165) is 137 Å². The Morgan fingerprint density at radius 2 is 0.627 bits per heavy atom. The number of benzene rings is 10. The van der Waals surface area contributed by atoms with Crippen LogP contribution in [0.25, 0.3) is 132 Å². The Kier molecular flexibility index (Phi) is 8.77. The lowest BCUT2D eigenvalue weighted by Crippen LogP contribution is -2.16. The molecule has 0 spiro atoms. The van der Waals surface area contributed by atoms with E-state index in [1.54, 1.807) is 0 Å². The van der Waals surface area contributed by atoms with Crippen molar-refractivity contribution in [2.45, 2.75) is 41.5 Å². The van der Waals surface area contributed by atoms with Crippen LogP contribution in [-0.2, 0) is 0 Å². The first-order chi connectivity index (χ1) is 36.6. The number of hydrogen-bond acceptors (Lipinski definition) is 3. The van der Waals surface area contributed by atoms with E-state index in [-0.39, 0.29) is 0 Å². The third-order valence-electron chi connectivity index (χ3n) is 15.9. The Hall–Kier alpha value is -9.82. The molecule has 10 aromatic carbocycles. The maximum atomic E-state index is 12.8. The van der Waals surface area contributed by atoms with Crippen LogP contribution in [0.1, 0.15) is 44.5 Å². The van der Waals surface area contributed by atoms with Crippen LogP contribution in [0, 0.1) is 64.2 Å². The largest absolute Gasteiger partial charge is 0.454 e. The number of rotatable bonds is 4. The van der Waals surface area contributed by atoms with Gasteiger partial charge in [0.15, 0.2) is 5.58 Å². The molecule has 5 aromatic heterocycles. The average molecular weight is 963 g/mol. The Bertz CT molecular complexity index is 4990. The molecule has 0 aliphatic carbocycles. The van der Waals surface area contributed by atoms with Gasteiger partial charge in [-0.15, -0.1) is 0 Å². The summed E-state index contributed by atoms with van der Waals surface area (Å²) in [4.78, 5) is 0. The van der Waals surface area contributed by atoms with Crippen molar-refractivity contribution in [3.63, 3.8) is 0 Å². The highest BCUT2D eigenvalue weighted by molar-refractivity contribution is 6.23. The molecule has 0 fully saturated rings. The molecule has 0 aliphatic rings. The van der Waals surface area contributed by atoms with Crippen molar-refractivity contribution < 1.29 is 4.42 Å². The lowest BCUT2D eigenvalue weighted by molar-refractivity contribution is 0.671. The number of furan rings is 1. The van der Waals surface area contributed by atoms with Gasteiger partial charge in [0.2, 0.25) is 0 Å². The van der Waals surface area contributed by atoms with Crippen LogP contribution in [0.3, 0.4) is 0 Å². The third kappa shape index (κ3) is 5.78. The molecule has 5 heterocycles. The zero-order chi connectivity index (χ0) is 50.7. The fourth-order valence-corrected chi connectivity index (χ4v) is 12.7. The molecule has 0 aliphatic heterocycles. The molecule has 0 saturated heterocycles. The molecule has 354 valence electrons. The van der Waals surface area contributed by atoms with E-state index in [1.165, 1.54) is 0 Å². The lowest BCUT2D eigenvalue weighted by Gasteiger charge is -2.27. The van der Waals surface area contributed by atoms with E-state index < -0.39 is 0 Å². The molecule has 0 radical (unpaired) electrons. The first-order valence-corrected chi connectivity index (χ1v) is 25.5. The highest BCUT2D eigenvalue weighted by Crippen LogP contribution is 2.50. The Balaban J connectivity index is 1.29. The molecule has 15 aromatic rings. The van der Waals surface area contributed by atoms with Crippen LogP contribution in [0.5, 0.6) is 0 Å². The van der Waals surface area contributed by atoms with Gasteiger partial charge in [-0.3, -0.25) is 0 Å². The second kappa shape index (κ2) is 15.4. The van der Waals surface area contributed by atoms with Crippen LogP contribution in [0.15, 0.2) is 174 Å². The topological polar surface area (TPSA) is 80.4 Å².